The molecular formula is C9H12BFO3. The van der Waals surface area contributed by atoms with Gasteiger partial charge in [-0.1, -0.05) is 6.07 Å². The smallest absolute Gasteiger partial charge is 0.423 e. The minimum atomic E-state index is -1.67. The largest absolute Gasteiger partial charge is 0.488 e. The minimum absolute atomic E-state index is 0.151. The summed E-state index contributed by atoms with van der Waals surface area (Å²) in [5, 5.41) is 17.9. The van der Waals surface area contributed by atoms with Crippen molar-refractivity contribution >= 4 is 12.6 Å². The van der Waals surface area contributed by atoms with E-state index in [1.165, 1.54) is 12.1 Å². The van der Waals surface area contributed by atoms with Crippen molar-refractivity contribution in [3.05, 3.63) is 29.6 Å². The summed E-state index contributed by atoms with van der Waals surface area (Å²) in [6, 6.07) is 3.85. The molecule has 0 bridgehead atoms. The molecule has 0 aliphatic carbocycles. The van der Waals surface area contributed by atoms with Crippen molar-refractivity contribution in [1.82, 2.24) is 0 Å². The Morgan fingerprint density at radius 3 is 2.71 bits per heavy atom. The van der Waals surface area contributed by atoms with Gasteiger partial charge in [0.1, 0.15) is 5.82 Å². The molecule has 0 aliphatic rings. The number of halogens is 1. The highest BCUT2D eigenvalue weighted by molar-refractivity contribution is 6.59. The lowest BCUT2D eigenvalue weighted by atomic mass is 9.77. The van der Waals surface area contributed by atoms with Crippen LogP contribution in [0, 0.1) is 5.82 Å². The Morgan fingerprint density at radius 2 is 2.14 bits per heavy atom. The van der Waals surface area contributed by atoms with Crippen LogP contribution in [0.3, 0.4) is 0 Å². The van der Waals surface area contributed by atoms with Crippen molar-refractivity contribution in [2.75, 3.05) is 6.61 Å². The van der Waals surface area contributed by atoms with Crippen LogP contribution in [0.15, 0.2) is 18.2 Å². The Kier molecular flexibility index (Phi) is 4.07. The van der Waals surface area contributed by atoms with E-state index in [0.717, 1.165) is 6.07 Å². The molecule has 0 aliphatic heterocycles. The van der Waals surface area contributed by atoms with Crippen molar-refractivity contribution in [2.45, 2.75) is 13.5 Å². The average molecular weight is 198 g/mol. The van der Waals surface area contributed by atoms with Crippen molar-refractivity contribution in [3.8, 4) is 0 Å². The molecule has 0 radical (unpaired) electrons. The third kappa shape index (κ3) is 2.80. The summed E-state index contributed by atoms with van der Waals surface area (Å²) >= 11 is 0. The van der Waals surface area contributed by atoms with Gasteiger partial charge in [0, 0.05) is 6.61 Å². The van der Waals surface area contributed by atoms with Gasteiger partial charge >= 0.3 is 7.12 Å². The molecule has 0 saturated heterocycles. The zero-order chi connectivity index (χ0) is 10.6. The van der Waals surface area contributed by atoms with E-state index in [9.17, 15) is 4.39 Å². The highest BCUT2D eigenvalue weighted by Gasteiger charge is 2.16. The Hall–Kier alpha value is -0.905. The first kappa shape index (κ1) is 11.2. The lowest BCUT2D eigenvalue weighted by Gasteiger charge is -2.08. The number of hydrogen-bond acceptors (Lipinski definition) is 3. The van der Waals surface area contributed by atoms with E-state index in [4.69, 9.17) is 14.8 Å². The molecule has 2 N–H and O–H groups in total. The van der Waals surface area contributed by atoms with Gasteiger partial charge in [-0.3, -0.25) is 0 Å². The normalized spacial score (nSPS) is 10.3. The minimum Gasteiger partial charge on any atom is -0.423 e. The molecule has 0 heterocycles. The highest BCUT2D eigenvalue weighted by Crippen LogP contribution is 2.03. The van der Waals surface area contributed by atoms with E-state index < -0.39 is 12.9 Å². The molecule has 1 rings (SSSR count). The molecule has 0 aromatic heterocycles. The summed E-state index contributed by atoms with van der Waals surface area (Å²) in [7, 11) is -1.67. The Balaban J connectivity index is 2.90. The van der Waals surface area contributed by atoms with E-state index in [2.05, 4.69) is 0 Å². The topological polar surface area (TPSA) is 49.7 Å². The Bertz CT molecular complexity index is 304. The van der Waals surface area contributed by atoms with E-state index in [-0.39, 0.29) is 12.1 Å². The van der Waals surface area contributed by atoms with Crippen molar-refractivity contribution < 1.29 is 19.2 Å². The fraction of sp³-hybridized carbons (Fsp3) is 0.333. The van der Waals surface area contributed by atoms with Gasteiger partial charge < -0.3 is 14.8 Å². The predicted octanol–water partition coefficient (Wildman–Crippen LogP) is 0.0420. The Morgan fingerprint density at radius 1 is 1.43 bits per heavy atom. The first-order valence-electron chi connectivity index (χ1n) is 4.37. The van der Waals surface area contributed by atoms with E-state index in [1.807, 2.05) is 6.92 Å². The molecule has 0 fully saturated rings. The molecule has 76 valence electrons. The monoisotopic (exact) mass is 198 g/mol. The fourth-order valence-electron chi connectivity index (χ4n) is 1.15. The lowest BCUT2D eigenvalue weighted by Crippen LogP contribution is -2.33. The first-order valence-corrected chi connectivity index (χ1v) is 4.37. The van der Waals surface area contributed by atoms with Crippen LogP contribution in [-0.2, 0) is 11.3 Å². The second-order valence-corrected chi connectivity index (χ2v) is 2.85. The van der Waals surface area contributed by atoms with Crippen LogP contribution in [0.1, 0.15) is 12.5 Å². The molecule has 0 saturated carbocycles. The number of rotatable bonds is 4. The third-order valence-corrected chi connectivity index (χ3v) is 1.85. The first-order chi connectivity index (χ1) is 6.65. The molecular weight excluding hydrogens is 186 g/mol. The Labute approximate surface area is 82.3 Å². The van der Waals surface area contributed by atoms with Gasteiger partial charge in [-0.25, -0.2) is 4.39 Å². The zero-order valence-corrected chi connectivity index (χ0v) is 7.90. The fourth-order valence-corrected chi connectivity index (χ4v) is 1.15. The zero-order valence-electron chi connectivity index (χ0n) is 7.90. The van der Waals surface area contributed by atoms with Crippen molar-refractivity contribution in [3.63, 3.8) is 0 Å². The predicted molar refractivity (Wildman–Crippen MR) is 51.6 cm³/mol. The second kappa shape index (κ2) is 5.09. The van der Waals surface area contributed by atoms with Crippen molar-refractivity contribution in [2.24, 2.45) is 0 Å². The van der Waals surface area contributed by atoms with Crippen LogP contribution >= 0.6 is 0 Å². The van der Waals surface area contributed by atoms with Crippen LogP contribution < -0.4 is 5.46 Å². The summed E-state index contributed by atoms with van der Waals surface area (Å²) in [5.74, 6) is -0.492. The number of benzene rings is 1. The van der Waals surface area contributed by atoms with Crippen molar-refractivity contribution in [1.29, 1.82) is 0 Å². The summed E-state index contributed by atoms with van der Waals surface area (Å²) in [5.41, 5.74) is 0.738. The van der Waals surface area contributed by atoms with Crippen LogP contribution in [0.4, 0.5) is 4.39 Å². The third-order valence-electron chi connectivity index (χ3n) is 1.85. The van der Waals surface area contributed by atoms with Gasteiger partial charge in [-0.15, -0.1) is 0 Å². The number of hydrogen-bond donors (Lipinski definition) is 2. The standard InChI is InChI=1S/C9H12BFO3/c1-2-14-6-7-3-4-8(11)5-9(7)10(12)13/h3-5,12-13H,2,6H2,1H3. The van der Waals surface area contributed by atoms with Gasteiger partial charge in [-0.2, -0.15) is 0 Å². The quantitative estimate of drug-likeness (QED) is 0.671. The highest BCUT2D eigenvalue weighted by atomic mass is 19.1. The maximum absolute atomic E-state index is 12.8. The summed E-state index contributed by atoms with van der Waals surface area (Å²) in [6.45, 7) is 2.61. The second-order valence-electron chi connectivity index (χ2n) is 2.85. The SMILES string of the molecule is CCOCc1ccc(F)cc1B(O)O. The number of ether oxygens (including phenoxy) is 1. The summed E-state index contributed by atoms with van der Waals surface area (Å²) in [6.07, 6.45) is 0. The van der Waals surface area contributed by atoms with Crippen LogP contribution in [0.25, 0.3) is 0 Å². The lowest BCUT2D eigenvalue weighted by molar-refractivity contribution is 0.134. The van der Waals surface area contributed by atoms with Gasteiger partial charge in [0.25, 0.3) is 0 Å². The van der Waals surface area contributed by atoms with E-state index >= 15 is 0 Å². The maximum atomic E-state index is 12.8. The van der Waals surface area contributed by atoms with E-state index in [0.29, 0.717) is 12.2 Å². The molecule has 0 atom stereocenters. The molecule has 14 heavy (non-hydrogen) atoms. The van der Waals surface area contributed by atoms with Crippen LogP contribution in [0.2, 0.25) is 0 Å². The van der Waals surface area contributed by atoms with Gasteiger partial charge in [-0.05, 0) is 30.1 Å². The maximum Gasteiger partial charge on any atom is 0.488 e. The van der Waals surface area contributed by atoms with Gasteiger partial charge in [0.05, 0.1) is 6.61 Å². The molecule has 0 amide bonds. The molecule has 5 heteroatoms. The van der Waals surface area contributed by atoms with Gasteiger partial charge in [0.2, 0.25) is 0 Å². The molecule has 1 aromatic carbocycles. The summed E-state index contributed by atoms with van der Waals surface area (Å²) in [4.78, 5) is 0. The van der Waals surface area contributed by atoms with E-state index in [1.54, 1.807) is 0 Å². The molecule has 0 unspecified atom stereocenters. The van der Waals surface area contributed by atoms with Gasteiger partial charge in [0.15, 0.2) is 0 Å². The molecule has 1 aromatic rings. The summed E-state index contributed by atoms with van der Waals surface area (Å²) < 4.78 is 17.9. The molecule has 3 nitrogen and oxygen atoms in total. The average Bonchev–Trinajstić information content (AvgIpc) is 2.15. The van der Waals surface area contributed by atoms with Crippen LogP contribution in [-0.4, -0.2) is 23.8 Å². The van der Waals surface area contributed by atoms with Crippen LogP contribution in [0.5, 0.6) is 0 Å². The molecule has 0 spiro atoms.